The number of furan rings is 1. The lowest BCUT2D eigenvalue weighted by Crippen LogP contribution is -2.30. The first-order valence-electron chi connectivity index (χ1n) is 9.79. The van der Waals surface area contributed by atoms with Crippen molar-refractivity contribution in [1.82, 2.24) is 0 Å². The van der Waals surface area contributed by atoms with Crippen molar-refractivity contribution in [2.45, 2.75) is 33.8 Å². The lowest BCUT2D eigenvalue weighted by Gasteiger charge is -2.17. The fraction of sp³-hybridized carbons (Fsp3) is 0.208. The molecule has 2 aromatic carbocycles. The quantitative estimate of drug-likeness (QED) is 0.566. The third-order valence-corrected chi connectivity index (χ3v) is 4.70. The molecule has 0 spiro atoms. The van der Waals surface area contributed by atoms with Crippen LogP contribution in [0, 0.1) is 20.8 Å². The molecule has 1 heterocycles. The lowest BCUT2D eigenvalue weighted by atomic mass is 10.0. The Balaban J connectivity index is 1.59. The summed E-state index contributed by atoms with van der Waals surface area (Å²) >= 11 is 0. The number of carbonyl (C=O) groups excluding carboxylic acids is 3. The van der Waals surface area contributed by atoms with E-state index < -0.39 is 23.9 Å². The molecule has 0 radical (unpaired) electrons. The molecule has 0 aliphatic heterocycles. The van der Waals surface area contributed by atoms with Crippen LogP contribution in [0.3, 0.4) is 0 Å². The highest BCUT2D eigenvalue weighted by molar-refractivity contribution is 6.02. The summed E-state index contributed by atoms with van der Waals surface area (Å²) in [7, 11) is 0. The minimum absolute atomic E-state index is 0.183. The third-order valence-electron chi connectivity index (χ3n) is 4.70. The molecule has 31 heavy (non-hydrogen) atoms. The second-order valence-corrected chi connectivity index (χ2v) is 7.32. The molecule has 0 aliphatic carbocycles. The minimum atomic E-state index is -0.981. The van der Waals surface area contributed by atoms with Crippen LogP contribution in [0.15, 0.2) is 59.2 Å². The second-order valence-electron chi connectivity index (χ2n) is 7.32. The zero-order valence-corrected chi connectivity index (χ0v) is 17.8. The minimum Gasteiger partial charge on any atom is -0.459 e. The number of anilines is 2. The van der Waals surface area contributed by atoms with E-state index in [1.54, 1.807) is 24.3 Å². The summed E-state index contributed by atoms with van der Waals surface area (Å²) in [6.07, 6.45) is 0.429. The number of aryl methyl sites for hydroxylation is 3. The van der Waals surface area contributed by atoms with E-state index in [1.165, 1.54) is 25.3 Å². The summed E-state index contributed by atoms with van der Waals surface area (Å²) in [6, 6.07) is 13.3. The van der Waals surface area contributed by atoms with E-state index in [-0.39, 0.29) is 11.3 Å². The average Bonchev–Trinajstić information content (AvgIpc) is 3.26. The van der Waals surface area contributed by atoms with E-state index in [1.807, 2.05) is 32.9 Å². The third kappa shape index (κ3) is 5.39. The van der Waals surface area contributed by atoms with Crippen molar-refractivity contribution >= 4 is 29.2 Å². The van der Waals surface area contributed by atoms with E-state index in [0.717, 1.165) is 22.4 Å². The van der Waals surface area contributed by atoms with Gasteiger partial charge in [-0.1, -0.05) is 17.7 Å². The van der Waals surface area contributed by atoms with Crippen LogP contribution >= 0.6 is 0 Å². The fourth-order valence-electron chi connectivity index (χ4n) is 3.17. The molecule has 2 amide bonds. The molecule has 1 unspecified atom stereocenters. The number of hydrogen-bond donors (Lipinski definition) is 2. The summed E-state index contributed by atoms with van der Waals surface area (Å²) in [5.41, 5.74) is 4.46. The highest BCUT2D eigenvalue weighted by atomic mass is 16.5. The van der Waals surface area contributed by atoms with Gasteiger partial charge in [-0.2, -0.15) is 0 Å². The summed E-state index contributed by atoms with van der Waals surface area (Å²) in [5, 5.41) is 5.50. The number of carbonyl (C=O) groups is 3. The molecule has 0 saturated carbocycles. The molecule has 0 saturated heterocycles. The molecule has 7 nitrogen and oxygen atoms in total. The van der Waals surface area contributed by atoms with Crippen LogP contribution in [0.4, 0.5) is 11.4 Å². The van der Waals surface area contributed by atoms with Crippen LogP contribution in [-0.2, 0) is 9.53 Å². The molecule has 7 heteroatoms. The molecule has 0 bridgehead atoms. The van der Waals surface area contributed by atoms with Gasteiger partial charge in [-0.05, 0) is 75.2 Å². The van der Waals surface area contributed by atoms with Gasteiger partial charge in [0.2, 0.25) is 0 Å². The Bertz CT molecular complexity index is 1080. The Hall–Kier alpha value is -3.87. The number of nitrogens with one attached hydrogen (secondary N) is 2. The van der Waals surface area contributed by atoms with Gasteiger partial charge in [-0.25, -0.2) is 4.79 Å². The maximum Gasteiger partial charge on any atom is 0.338 e. The van der Waals surface area contributed by atoms with Gasteiger partial charge < -0.3 is 19.8 Å². The van der Waals surface area contributed by atoms with Crippen LogP contribution in [0.2, 0.25) is 0 Å². The predicted octanol–water partition coefficient (Wildman–Crippen LogP) is 4.64. The smallest absolute Gasteiger partial charge is 0.338 e. The van der Waals surface area contributed by atoms with E-state index >= 15 is 0 Å². The lowest BCUT2D eigenvalue weighted by molar-refractivity contribution is -0.123. The molecular weight excluding hydrogens is 396 g/mol. The topological polar surface area (TPSA) is 97.6 Å². The van der Waals surface area contributed by atoms with Crippen molar-refractivity contribution in [2.24, 2.45) is 0 Å². The van der Waals surface area contributed by atoms with Crippen LogP contribution in [0.1, 0.15) is 44.5 Å². The van der Waals surface area contributed by atoms with Gasteiger partial charge in [0.05, 0.1) is 11.8 Å². The maximum absolute atomic E-state index is 12.5. The SMILES string of the molecule is Cc1cc(C)c(NC(=O)C(C)OC(=O)c2ccc(NC(=O)c3ccco3)cc2)c(C)c1. The second kappa shape index (κ2) is 9.30. The molecule has 0 fully saturated rings. The Morgan fingerprint density at radius 1 is 0.935 bits per heavy atom. The monoisotopic (exact) mass is 420 g/mol. The van der Waals surface area contributed by atoms with Gasteiger partial charge >= 0.3 is 5.97 Å². The Labute approximate surface area is 180 Å². The zero-order chi connectivity index (χ0) is 22.5. The van der Waals surface area contributed by atoms with Gasteiger partial charge in [-0.15, -0.1) is 0 Å². The highest BCUT2D eigenvalue weighted by Crippen LogP contribution is 2.22. The summed E-state index contributed by atoms with van der Waals surface area (Å²) in [6.45, 7) is 7.34. The standard InChI is InChI=1S/C24H24N2O5/c1-14-12-15(2)21(16(3)13-14)26-22(27)17(4)31-24(29)18-7-9-19(10-8-18)25-23(28)20-6-5-11-30-20/h5-13,17H,1-4H3,(H,25,28)(H,26,27). The number of rotatable bonds is 6. The Morgan fingerprint density at radius 2 is 1.58 bits per heavy atom. The van der Waals surface area contributed by atoms with Gasteiger partial charge in [0.25, 0.3) is 11.8 Å². The summed E-state index contributed by atoms with van der Waals surface area (Å²) in [5.74, 6) is -1.26. The van der Waals surface area contributed by atoms with E-state index in [9.17, 15) is 14.4 Å². The largest absolute Gasteiger partial charge is 0.459 e. The number of ether oxygens (including phenoxy) is 1. The molecule has 2 N–H and O–H groups in total. The van der Waals surface area contributed by atoms with Crippen molar-refractivity contribution in [3.05, 3.63) is 82.8 Å². The van der Waals surface area contributed by atoms with Crippen molar-refractivity contribution < 1.29 is 23.5 Å². The summed E-state index contributed by atoms with van der Waals surface area (Å²) in [4.78, 5) is 36.9. The molecule has 3 rings (SSSR count). The number of amides is 2. The first-order valence-corrected chi connectivity index (χ1v) is 9.79. The molecule has 3 aromatic rings. The molecule has 1 aromatic heterocycles. The van der Waals surface area contributed by atoms with Crippen molar-refractivity contribution in [2.75, 3.05) is 10.6 Å². The van der Waals surface area contributed by atoms with E-state index in [4.69, 9.17) is 9.15 Å². The normalized spacial score (nSPS) is 11.5. The molecule has 1 atom stereocenters. The number of hydrogen-bond acceptors (Lipinski definition) is 5. The molecule has 160 valence electrons. The summed E-state index contributed by atoms with van der Waals surface area (Å²) < 4.78 is 10.3. The van der Waals surface area contributed by atoms with Gasteiger partial charge in [-0.3, -0.25) is 9.59 Å². The maximum atomic E-state index is 12.5. The average molecular weight is 420 g/mol. The molecular formula is C24H24N2O5. The van der Waals surface area contributed by atoms with Crippen molar-refractivity contribution in [3.8, 4) is 0 Å². The van der Waals surface area contributed by atoms with Gasteiger partial charge in [0.1, 0.15) is 0 Å². The van der Waals surface area contributed by atoms with Crippen LogP contribution in [0.5, 0.6) is 0 Å². The fourth-order valence-corrected chi connectivity index (χ4v) is 3.17. The van der Waals surface area contributed by atoms with Crippen molar-refractivity contribution in [3.63, 3.8) is 0 Å². The van der Waals surface area contributed by atoms with Crippen molar-refractivity contribution in [1.29, 1.82) is 0 Å². The van der Waals surface area contributed by atoms with Crippen LogP contribution in [-0.4, -0.2) is 23.9 Å². The Kier molecular flexibility index (Phi) is 6.55. The number of benzene rings is 2. The first-order chi connectivity index (χ1) is 14.7. The Morgan fingerprint density at radius 3 is 2.16 bits per heavy atom. The van der Waals surface area contributed by atoms with Crippen LogP contribution in [0.25, 0.3) is 0 Å². The van der Waals surface area contributed by atoms with Gasteiger partial charge in [0, 0.05) is 11.4 Å². The van der Waals surface area contributed by atoms with E-state index in [0.29, 0.717) is 5.69 Å². The zero-order valence-electron chi connectivity index (χ0n) is 17.8. The molecule has 0 aliphatic rings. The predicted molar refractivity (Wildman–Crippen MR) is 117 cm³/mol. The first kappa shape index (κ1) is 21.8. The van der Waals surface area contributed by atoms with Gasteiger partial charge in [0.15, 0.2) is 11.9 Å². The number of esters is 1. The van der Waals surface area contributed by atoms with Crippen LogP contribution < -0.4 is 10.6 Å². The highest BCUT2D eigenvalue weighted by Gasteiger charge is 2.20. The van der Waals surface area contributed by atoms with E-state index in [2.05, 4.69) is 10.6 Å².